The van der Waals surface area contributed by atoms with E-state index in [9.17, 15) is 19.8 Å². The highest BCUT2D eigenvalue weighted by Crippen LogP contribution is 2.40. The molecule has 0 bridgehead atoms. The first-order chi connectivity index (χ1) is 13.9. The molecule has 1 amide bonds. The lowest BCUT2D eigenvalue weighted by Gasteiger charge is -2.25. The molecule has 2 aromatic carbocycles. The number of halogens is 1. The van der Waals surface area contributed by atoms with Gasteiger partial charge in [-0.05, 0) is 42.3 Å². The Hall–Kier alpha value is -2.99. The third kappa shape index (κ3) is 3.93. The van der Waals surface area contributed by atoms with Crippen molar-refractivity contribution in [2.75, 3.05) is 13.7 Å². The second kappa shape index (κ2) is 8.57. The summed E-state index contributed by atoms with van der Waals surface area (Å²) in [6.45, 7) is 2.37. The van der Waals surface area contributed by atoms with Crippen LogP contribution in [0.25, 0.3) is 5.76 Å². The van der Waals surface area contributed by atoms with Gasteiger partial charge in [-0.15, -0.1) is 0 Å². The molecule has 1 atom stereocenters. The highest BCUT2D eigenvalue weighted by Gasteiger charge is 2.45. The zero-order chi connectivity index (χ0) is 21.1. The number of ketones is 1. The summed E-state index contributed by atoms with van der Waals surface area (Å²) in [4.78, 5) is 27.0. The highest BCUT2D eigenvalue weighted by atomic mass is 35.5. The summed E-state index contributed by atoms with van der Waals surface area (Å²) < 4.78 is 5.19. The highest BCUT2D eigenvalue weighted by molar-refractivity contribution is 6.46. The second-order valence-electron chi connectivity index (χ2n) is 6.79. The zero-order valence-electron chi connectivity index (χ0n) is 16.2. The van der Waals surface area contributed by atoms with Crippen molar-refractivity contribution in [2.24, 2.45) is 0 Å². The summed E-state index contributed by atoms with van der Waals surface area (Å²) in [6, 6.07) is 10.1. The normalized spacial score (nSPS) is 18.3. The van der Waals surface area contributed by atoms with Crippen LogP contribution in [0.2, 0.25) is 5.02 Å². The van der Waals surface area contributed by atoms with Gasteiger partial charge in [-0.3, -0.25) is 9.59 Å². The van der Waals surface area contributed by atoms with E-state index >= 15 is 0 Å². The SMILES string of the molecule is CCCCN1C(=O)C(=O)/C(=C(\O)c2ccc(Cl)c(OC)c2)C1c1ccc(O)cc1. The molecule has 1 aliphatic rings. The van der Waals surface area contributed by atoms with Gasteiger partial charge in [-0.2, -0.15) is 0 Å². The number of unbranched alkanes of at least 4 members (excludes halogenated alkanes) is 1. The van der Waals surface area contributed by atoms with Crippen molar-refractivity contribution in [2.45, 2.75) is 25.8 Å². The van der Waals surface area contributed by atoms with Crippen LogP contribution in [0.3, 0.4) is 0 Å². The van der Waals surface area contributed by atoms with Gasteiger partial charge in [-0.25, -0.2) is 0 Å². The number of phenolic OH excluding ortho intramolecular Hbond substituents is 1. The molecule has 1 unspecified atom stereocenters. The van der Waals surface area contributed by atoms with Crippen LogP contribution in [-0.4, -0.2) is 40.5 Å². The minimum absolute atomic E-state index is 0.00108. The van der Waals surface area contributed by atoms with E-state index in [1.807, 2.05) is 6.92 Å². The summed E-state index contributed by atoms with van der Waals surface area (Å²) in [7, 11) is 1.45. The van der Waals surface area contributed by atoms with E-state index in [1.165, 1.54) is 30.2 Å². The van der Waals surface area contributed by atoms with Gasteiger partial charge in [0.05, 0.1) is 23.7 Å². The first kappa shape index (κ1) is 20.7. The number of likely N-dealkylation sites (tertiary alicyclic amines) is 1. The Labute approximate surface area is 174 Å². The van der Waals surface area contributed by atoms with E-state index in [0.717, 1.165) is 12.8 Å². The first-order valence-electron chi connectivity index (χ1n) is 9.30. The van der Waals surface area contributed by atoms with Gasteiger partial charge in [0, 0.05) is 12.1 Å². The van der Waals surface area contributed by atoms with E-state index in [2.05, 4.69) is 0 Å². The summed E-state index contributed by atoms with van der Waals surface area (Å²) in [5.74, 6) is -1.28. The average Bonchev–Trinajstić information content (AvgIpc) is 2.97. The molecule has 152 valence electrons. The average molecular weight is 416 g/mol. The molecule has 1 heterocycles. The van der Waals surface area contributed by atoms with Gasteiger partial charge < -0.3 is 19.8 Å². The molecule has 7 heteroatoms. The number of carbonyl (C=O) groups is 2. The van der Waals surface area contributed by atoms with Crippen molar-refractivity contribution >= 4 is 29.1 Å². The maximum atomic E-state index is 12.8. The third-order valence-electron chi connectivity index (χ3n) is 4.93. The lowest BCUT2D eigenvalue weighted by atomic mass is 9.95. The molecule has 29 heavy (non-hydrogen) atoms. The van der Waals surface area contributed by atoms with Gasteiger partial charge in [0.2, 0.25) is 0 Å². The van der Waals surface area contributed by atoms with Crippen LogP contribution in [0.4, 0.5) is 0 Å². The number of ether oxygens (including phenoxy) is 1. The summed E-state index contributed by atoms with van der Waals surface area (Å²) in [6.07, 6.45) is 1.57. The number of aliphatic hydroxyl groups excluding tert-OH is 1. The monoisotopic (exact) mass is 415 g/mol. The van der Waals surface area contributed by atoms with Crippen LogP contribution < -0.4 is 4.74 Å². The Morgan fingerprint density at radius 3 is 2.48 bits per heavy atom. The number of amides is 1. The smallest absolute Gasteiger partial charge is 0.295 e. The van der Waals surface area contributed by atoms with E-state index in [1.54, 1.807) is 24.3 Å². The predicted octanol–water partition coefficient (Wildman–Crippen LogP) is 4.28. The van der Waals surface area contributed by atoms with Crippen molar-refractivity contribution in [3.8, 4) is 11.5 Å². The minimum Gasteiger partial charge on any atom is -0.508 e. The predicted molar refractivity (Wildman–Crippen MR) is 110 cm³/mol. The number of phenols is 1. The summed E-state index contributed by atoms with van der Waals surface area (Å²) in [5, 5.41) is 21.0. The molecule has 3 rings (SSSR count). The fraction of sp³-hybridized carbons (Fsp3) is 0.273. The minimum atomic E-state index is -0.746. The number of carbonyl (C=O) groups excluding carboxylic acids is 2. The maximum absolute atomic E-state index is 12.8. The molecule has 0 radical (unpaired) electrons. The van der Waals surface area contributed by atoms with Crippen LogP contribution in [0, 0.1) is 0 Å². The molecular weight excluding hydrogens is 394 g/mol. The number of aliphatic hydroxyl groups is 1. The lowest BCUT2D eigenvalue weighted by Crippen LogP contribution is -2.30. The molecule has 1 saturated heterocycles. The molecule has 0 aromatic heterocycles. The summed E-state index contributed by atoms with van der Waals surface area (Å²) >= 11 is 6.06. The van der Waals surface area contributed by atoms with E-state index < -0.39 is 17.7 Å². The van der Waals surface area contributed by atoms with Gasteiger partial charge >= 0.3 is 0 Å². The van der Waals surface area contributed by atoms with Crippen molar-refractivity contribution in [1.82, 2.24) is 4.90 Å². The molecule has 1 aliphatic heterocycles. The molecule has 2 aromatic rings. The molecule has 0 saturated carbocycles. The number of nitrogens with zero attached hydrogens (tertiary/aromatic N) is 1. The van der Waals surface area contributed by atoms with Gasteiger partial charge in [-0.1, -0.05) is 37.1 Å². The fourth-order valence-electron chi connectivity index (χ4n) is 3.40. The van der Waals surface area contributed by atoms with Crippen LogP contribution in [0.15, 0.2) is 48.0 Å². The summed E-state index contributed by atoms with van der Waals surface area (Å²) in [5.41, 5.74) is 0.949. The van der Waals surface area contributed by atoms with Crippen molar-refractivity contribution in [3.63, 3.8) is 0 Å². The number of aromatic hydroxyl groups is 1. The number of benzene rings is 2. The van der Waals surface area contributed by atoms with Gasteiger partial charge in [0.25, 0.3) is 11.7 Å². The van der Waals surface area contributed by atoms with Crippen molar-refractivity contribution in [1.29, 1.82) is 0 Å². The van der Waals surface area contributed by atoms with E-state index in [-0.39, 0.29) is 17.1 Å². The number of methoxy groups -OCH3 is 1. The number of Topliss-reactive ketones (excluding diaryl/α,β-unsaturated/α-hetero) is 1. The van der Waals surface area contributed by atoms with Crippen molar-refractivity contribution < 1.29 is 24.5 Å². The molecular formula is C22H22ClNO5. The molecule has 0 aliphatic carbocycles. The fourth-order valence-corrected chi connectivity index (χ4v) is 3.60. The van der Waals surface area contributed by atoms with Crippen LogP contribution >= 0.6 is 11.6 Å². The van der Waals surface area contributed by atoms with E-state index in [4.69, 9.17) is 16.3 Å². The maximum Gasteiger partial charge on any atom is 0.295 e. The molecule has 6 nitrogen and oxygen atoms in total. The Balaban J connectivity index is 2.17. The molecule has 1 fully saturated rings. The Kier molecular flexibility index (Phi) is 6.13. The molecule has 2 N–H and O–H groups in total. The Morgan fingerprint density at radius 2 is 1.86 bits per heavy atom. The van der Waals surface area contributed by atoms with Crippen molar-refractivity contribution in [3.05, 3.63) is 64.2 Å². The lowest BCUT2D eigenvalue weighted by molar-refractivity contribution is -0.139. The van der Waals surface area contributed by atoms with Crippen LogP contribution in [0.1, 0.15) is 36.9 Å². The second-order valence-corrected chi connectivity index (χ2v) is 7.19. The molecule has 0 spiro atoms. The van der Waals surface area contributed by atoms with E-state index in [0.29, 0.717) is 28.4 Å². The van der Waals surface area contributed by atoms with Gasteiger partial charge in [0.15, 0.2) is 0 Å². The van der Waals surface area contributed by atoms with Crippen LogP contribution in [-0.2, 0) is 9.59 Å². The number of rotatable bonds is 6. The topological polar surface area (TPSA) is 87.1 Å². The first-order valence-corrected chi connectivity index (χ1v) is 9.68. The Bertz CT molecular complexity index is 968. The largest absolute Gasteiger partial charge is 0.508 e. The number of hydrogen-bond donors (Lipinski definition) is 2. The quantitative estimate of drug-likeness (QED) is 0.418. The zero-order valence-corrected chi connectivity index (χ0v) is 16.9. The van der Waals surface area contributed by atoms with Gasteiger partial charge in [0.1, 0.15) is 17.3 Å². The standard InChI is InChI=1S/C22H22ClNO5/c1-3-4-11-24-19(13-5-8-15(25)9-6-13)18(21(27)22(24)28)20(26)14-7-10-16(23)17(12-14)29-2/h5-10,12,19,25-26H,3-4,11H2,1-2H3/b20-18-. The third-order valence-corrected chi connectivity index (χ3v) is 5.24. The number of hydrogen-bond acceptors (Lipinski definition) is 5. The Morgan fingerprint density at radius 1 is 1.17 bits per heavy atom. The van der Waals surface area contributed by atoms with Crippen LogP contribution in [0.5, 0.6) is 11.5 Å².